The molecule has 8 heteroatoms. The first-order valence-electron chi connectivity index (χ1n) is 8.64. The van der Waals surface area contributed by atoms with E-state index in [-0.39, 0.29) is 5.91 Å². The number of amides is 1. The maximum Gasteiger partial charge on any atom is 0.233 e. The number of carbonyl (C=O) groups excluding carboxylic acids is 1. The van der Waals surface area contributed by atoms with Crippen molar-refractivity contribution in [1.82, 2.24) is 19.7 Å². The molecule has 0 aliphatic rings. The topological polar surface area (TPSA) is 60.3 Å². The normalized spacial score (nSPS) is 10.7. The number of carbonyl (C=O) groups is 1. The lowest BCUT2D eigenvalue weighted by Crippen LogP contribution is -2.28. The number of aromatic nitrogens is 3. The number of benzene rings is 2. The van der Waals surface area contributed by atoms with Crippen molar-refractivity contribution in [2.75, 3.05) is 19.9 Å². The van der Waals surface area contributed by atoms with E-state index in [4.69, 9.17) is 4.74 Å². The summed E-state index contributed by atoms with van der Waals surface area (Å²) in [4.78, 5) is 14.2. The molecule has 0 saturated carbocycles. The van der Waals surface area contributed by atoms with Crippen LogP contribution < -0.4 is 4.74 Å². The molecule has 6 nitrogen and oxygen atoms in total. The predicted octanol–water partition coefficient (Wildman–Crippen LogP) is 4.00. The summed E-state index contributed by atoms with van der Waals surface area (Å²) in [7, 11) is 5.32. The molecule has 0 unspecified atom stereocenters. The van der Waals surface area contributed by atoms with Gasteiger partial charge in [-0.25, -0.2) is 0 Å². The van der Waals surface area contributed by atoms with E-state index in [1.165, 1.54) is 11.8 Å². The van der Waals surface area contributed by atoms with Gasteiger partial charge in [-0.05, 0) is 23.8 Å². The van der Waals surface area contributed by atoms with Gasteiger partial charge in [-0.3, -0.25) is 4.79 Å². The molecular formula is C20H21BrN4O2S. The van der Waals surface area contributed by atoms with Crippen LogP contribution in [0.3, 0.4) is 0 Å². The second-order valence-electron chi connectivity index (χ2n) is 6.20. The summed E-state index contributed by atoms with van der Waals surface area (Å²) in [5.41, 5.74) is 1.93. The summed E-state index contributed by atoms with van der Waals surface area (Å²) >= 11 is 4.89. The highest BCUT2D eigenvalue weighted by Gasteiger charge is 2.17. The maximum atomic E-state index is 12.5. The highest BCUT2D eigenvalue weighted by molar-refractivity contribution is 9.10. The number of para-hydroxylation sites is 1. The summed E-state index contributed by atoms with van der Waals surface area (Å²) < 4.78 is 8.28. The lowest BCUT2D eigenvalue weighted by molar-refractivity contribution is -0.127. The largest absolute Gasteiger partial charge is 0.496 e. The summed E-state index contributed by atoms with van der Waals surface area (Å²) in [6.45, 7) is 0.548. The van der Waals surface area contributed by atoms with Gasteiger partial charge < -0.3 is 14.2 Å². The third kappa shape index (κ3) is 4.56. The van der Waals surface area contributed by atoms with Gasteiger partial charge in [0.25, 0.3) is 0 Å². The molecule has 0 bridgehead atoms. The Morgan fingerprint density at radius 2 is 1.89 bits per heavy atom. The molecule has 0 aliphatic carbocycles. The van der Waals surface area contributed by atoms with Gasteiger partial charge in [-0.15, -0.1) is 10.2 Å². The van der Waals surface area contributed by atoms with Crippen molar-refractivity contribution in [3.8, 4) is 17.1 Å². The van der Waals surface area contributed by atoms with Crippen molar-refractivity contribution in [2.45, 2.75) is 11.7 Å². The van der Waals surface area contributed by atoms with Crippen LogP contribution in [0.4, 0.5) is 0 Å². The number of nitrogens with zero attached hydrogens (tertiary/aromatic N) is 4. The van der Waals surface area contributed by atoms with E-state index in [2.05, 4.69) is 26.1 Å². The second kappa shape index (κ2) is 9.25. The van der Waals surface area contributed by atoms with E-state index < -0.39 is 0 Å². The fraction of sp³-hybridized carbons (Fsp3) is 0.250. The zero-order valence-corrected chi connectivity index (χ0v) is 18.3. The Morgan fingerprint density at radius 3 is 2.64 bits per heavy atom. The first kappa shape index (κ1) is 20.4. The molecular weight excluding hydrogens is 440 g/mol. The SMILES string of the molecule is COc1ccccc1-c1nnc(SCC(=O)N(C)Cc2ccccc2Br)n1C. The molecule has 3 aromatic rings. The Balaban J connectivity index is 1.66. The van der Waals surface area contributed by atoms with Crippen LogP contribution in [0.25, 0.3) is 11.4 Å². The molecule has 1 heterocycles. The van der Waals surface area contributed by atoms with Gasteiger partial charge in [0, 0.05) is 25.1 Å². The number of halogens is 1. The molecule has 28 heavy (non-hydrogen) atoms. The minimum atomic E-state index is 0.0302. The number of methoxy groups -OCH3 is 1. The summed E-state index contributed by atoms with van der Waals surface area (Å²) in [5.74, 6) is 1.76. The minimum absolute atomic E-state index is 0.0302. The Kier molecular flexibility index (Phi) is 6.74. The van der Waals surface area contributed by atoms with Gasteiger partial charge in [-0.1, -0.05) is 58.0 Å². The molecule has 2 aromatic carbocycles. The van der Waals surface area contributed by atoms with Crippen LogP contribution in [-0.4, -0.2) is 45.5 Å². The van der Waals surface area contributed by atoms with E-state index in [9.17, 15) is 4.79 Å². The molecule has 0 fully saturated rings. The van der Waals surface area contributed by atoms with Crippen LogP contribution in [0, 0.1) is 0 Å². The molecule has 0 N–H and O–H groups in total. The van der Waals surface area contributed by atoms with E-state index >= 15 is 0 Å². The highest BCUT2D eigenvalue weighted by Crippen LogP contribution is 2.30. The van der Waals surface area contributed by atoms with Gasteiger partial charge >= 0.3 is 0 Å². The maximum absolute atomic E-state index is 12.5. The van der Waals surface area contributed by atoms with Crippen LogP contribution in [0.5, 0.6) is 5.75 Å². The average molecular weight is 461 g/mol. The van der Waals surface area contributed by atoms with Crippen molar-refractivity contribution in [3.63, 3.8) is 0 Å². The van der Waals surface area contributed by atoms with Crippen molar-refractivity contribution in [1.29, 1.82) is 0 Å². The van der Waals surface area contributed by atoms with Crippen LogP contribution in [0.1, 0.15) is 5.56 Å². The predicted molar refractivity (Wildman–Crippen MR) is 114 cm³/mol. The van der Waals surface area contributed by atoms with Crippen molar-refractivity contribution < 1.29 is 9.53 Å². The molecule has 0 atom stereocenters. The van der Waals surface area contributed by atoms with Crippen molar-refractivity contribution >= 4 is 33.6 Å². The number of hydrogen-bond donors (Lipinski definition) is 0. The van der Waals surface area contributed by atoms with Crippen LogP contribution >= 0.6 is 27.7 Å². The van der Waals surface area contributed by atoms with Crippen molar-refractivity contribution in [2.24, 2.45) is 7.05 Å². The Labute approximate surface area is 177 Å². The summed E-state index contributed by atoms with van der Waals surface area (Å²) in [6, 6.07) is 15.6. The van der Waals surface area contributed by atoms with E-state index in [1.807, 2.05) is 60.1 Å². The second-order valence-corrected chi connectivity index (χ2v) is 7.99. The summed E-state index contributed by atoms with van der Waals surface area (Å²) in [5, 5.41) is 9.20. The van der Waals surface area contributed by atoms with Crippen molar-refractivity contribution in [3.05, 3.63) is 58.6 Å². The molecule has 3 rings (SSSR count). The van der Waals surface area contributed by atoms with Gasteiger partial charge in [0.2, 0.25) is 5.91 Å². The lowest BCUT2D eigenvalue weighted by atomic mass is 10.2. The number of hydrogen-bond acceptors (Lipinski definition) is 5. The smallest absolute Gasteiger partial charge is 0.233 e. The minimum Gasteiger partial charge on any atom is -0.496 e. The first-order valence-corrected chi connectivity index (χ1v) is 10.4. The van der Waals surface area contributed by atoms with Gasteiger partial charge in [0.15, 0.2) is 11.0 Å². The molecule has 1 amide bonds. The number of ether oxygens (including phenoxy) is 1. The third-order valence-electron chi connectivity index (χ3n) is 4.30. The van der Waals surface area contributed by atoms with E-state index in [0.29, 0.717) is 23.3 Å². The van der Waals surface area contributed by atoms with Gasteiger partial charge in [0.1, 0.15) is 5.75 Å². The van der Waals surface area contributed by atoms with E-state index in [1.54, 1.807) is 19.1 Å². The first-order chi connectivity index (χ1) is 13.5. The zero-order valence-electron chi connectivity index (χ0n) is 15.9. The standard InChI is InChI=1S/C20H21BrN4O2S/c1-24(12-14-8-4-6-10-16(14)21)18(26)13-28-20-23-22-19(25(20)2)15-9-5-7-11-17(15)27-3/h4-11H,12-13H2,1-3H3. The number of thioether (sulfide) groups is 1. The molecule has 0 aliphatic heterocycles. The van der Waals surface area contributed by atoms with Crippen LogP contribution in [0.2, 0.25) is 0 Å². The zero-order chi connectivity index (χ0) is 20.1. The Bertz CT molecular complexity index is 976. The summed E-state index contributed by atoms with van der Waals surface area (Å²) in [6.07, 6.45) is 0. The molecule has 0 spiro atoms. The molecule has 146 valence electrons. The van der Waals surface area contributed by atoms with Gasteiger partial charge in [0.05, 0.1) is 18.4 Å². The fourth-order valence-electron chi connectivity index (χ4n) is 2.71. The fourth-order valence-corrected chi connectivity index (χ4v) is 3.97. The molecule has 1 aromatic heterocycles. The lowest BCUT2D eigenvalue weighted by Gasteiger charge is -2.17. The Hall–Kier alpha value is -2.32. The van der Waals surface area contributed by atoms with Crippen LogP contribution in [-0.2, 0) is 18.4 Å². The van der Waals surface area contributed by atoms with Crippen LogP contribution in [0.15, 0.2) is 58.2 Å². The number of rotatable bonds is 7. The van der Waals surface area contributed by atoms with E-state index in [0.717, 1.165) is 21.3 Å². The highest BCUT2D eigenvalue weighted by atomic mass is 79.9. The third-order valence-corrected chi connectivity index (χ3v) is 6.08. The molecule has 0 saturated heterocycles. The van der Waals surface area contributed by atoms with Gasteiger partial charge in [-0.2, -0.15) is 0 Å². The Morgan fingerprint density at radius 1 is 1.18 bits per heavy atom. The average Bonchev–Trinajstić information content (AvgIpc) is 3.08. The monoisotopic (exact) mass is 460 g/mol. The quantitative estimate of drug-likeness (QED) is 0.498. The molecule has 0 radical (unpaired) electrons.